The number of aliphatic carboxylic acids is 1. The Labute approximate surface area is 216 Å². The van der Waals surface area contributed by atoms with Gasteiger partial charge in [0.2, 0.25) is 0 Å². The Hall–Kier alpha value is -4.71. The predicted octanol–water partition coefficient (Wildman–Crippen LogP) is 5.71. The first-order chi connectivity index (χ1) is 18.4. The van der Waals surface area contributed by atoms with Crippen molar-refractivity contribution in [3.8, 4) is 22.9 Å². The Balaban J connectivity index is 1.31. The summed E-state index contributed by atoms with van der Waals surface area (Å²) in [5.41, 5.74) is 2.49. The van der Waals surface area contributed by atoms with E-state index < -0.39 is 23.6 Å². The number of rotatable bonds is 7. The van der Waals surface area contributed by atoms with Gasteiger partial charge >= 0.3 is 5.97 Å². The van der Waals surface area contributed by atoms with E-state index in [1.54, 1.807) is 48.5 Å². The van der Waals surface area contributed by atoms with Gasteiger partial charge in [-0.2, -0.15) is 5.26 Å². The van der Waals surface area contributed by atoms with Crippen molar-refractivity contribution in [3.63, 3.8) is 0 Å². The first kappa shape index (κ1) is 25.0. The number of nitrogens with zero attached hydrogens (tertiary/aromatic N) is 2. The summed E-state index contributed by atoms with van der Waals surface area (Å²) in [6.07, 6.45) is 2.25. The van der Waals surface area contributed by atoms with Crippen molar-refractivity contribution in [2.45, 2.75) is 31.9 Å². The lowest BCUT2D eigenvalue weighted by Gasteiger charge is -2.21. The van der Waals surface area contributed by atoms with Crippen LogP contribution in [-0.2, 0) is 17.8 Å². The van der Waals surface area contributed by atoms with E-state index in [9.17, 15) is 23.5 Å². The molecule has 9 heteroatoms. The molecular formula is C29H22F2N2O5. The van der Waals surface area contributed by atoms with Gasteiger partial charge < -0.3 is 19.2 Å². The molecule has 7 nitrogen and oxygen atoms in total. The van der Waals surface area contributed by atoms with Gasteiger partial charge in [0.05, 0.1) is 24.1 Å². The highest BCUT2D eigenvalue weighted by Gasteiger charge is 2.34. The standard InChI is InChI=1S/C29H22F2N2O5/c30-23-14-22(27-25(26(23)31)20(10-11-32)16-38-27)18-6-8-21(9-7-18)37-15-17-3-1-4-19(13-17)28(34)33-12-2-5-24(33)29(35)36/h1,3-4,6-9,13-14,16,24H,2,5,10,12,15H2,(H,35,36)/t24-/m0/s1. The molecule has 1 N–H and O–H groups in total. The molecule has 0 saturated carbocycles. The van der Waals surface area contributed by atoms with Crippen molar-refractivity contribution in [1.29, 1.82) is 5.26 Å². The molecule has 0 spiro atoms. The summed E-state index contributed by atoms with van der Waals surface area (Å²) in [5, 5.41) is 18.3. The zero-order valence-electron chi connectivity index (χ0n) is 20.1. The van der Waals surface area contributed by atoms with Crippen molar-refractivity contribution in [2.75, 3.05) is 6.54 Å². The zero-order valence-corrected chi connectivity index (χ0v) is 20.1. The van der Waals surface area contributed by atoms with E-state index in [1.165, 1.54) is 11.2 Å². The quantitative estimate of drug-likeness (QED) is 0.337. The Kier molecular flexibility index (Phi) is 6.79. The molecule has 1 amide bonds. The zero-order chi connectivity index (χ0) is 26.8. The summed E-state index contributed by atoms with van der Waals surface area (Å²) in [4.78, 5) is 25.7. The molecule has 3 aromatic carbocycles. The SMILES string of the molecule is N#CCc1coc2c(-c3ccc(OCc4cccc(C(=O)N5CCC[C@H]5C(=O)O)c4)cc3)cc(F)c(F)c12. The summed E-state index contributed by atoms with van der Waals surface area (Å²) in [5.74, 6) is -2.90. The van der Waals surface area contributed by atoms with E-state index in [0.29, 0.717) is 41.8 Å². The molecule has 38 heavy (non-hydrogen) atoms. The van der Waals surface area contributed by atoms with Gasteiger partial charge in [-0.1, -0.05) is 24.3 Å². The van der Waals surface area contributed by atoms with Gasteiger partial charge in [-0.25, -0.2) is 13.6 Å². The van der Waals surface area contributed by atoms with E-state index >= 15 is 0 Å². The molecular weight excluding hydrogens is 494 g/mol. The average Bonchev–Trinajstić information content (AvgIpc) is 3.58. The Morgan fingerprint density at radius 3 is 2.68 bits per heavy atom. The van der Waals surface area contributed by atoms with Gasteiger partial charge in [-0.05, 0) is 54.3 Å². The number of benzene rings is 3. The third-order valence-electron chi connectivity index (χ3n) is 6.63. The van der Waals surface area contributed by atoms with Crippen LogP contribution in [0.25, 0.3) is 22.1 Å². The molecule has 0 unspecified atom stereocenters. The van der Waals surface area contributed by atoms with Crippen LogP contribution >= 0.6 is 0 Å². The molecule has 0 aliphatic carbocycles. The van der Waals surface area contributed by atoms with Crippen molar-refractivity contribution in [2.24, 2.45) is 0 Å². The van der Waals surface area contributed by atoms with E-state index in [1.807, 2.05) is 6.07 Å². The number of furan rings is 1. The number of carboxylic acids is 1. The topological polar surface area (TPSA) is 104 Å². The van der Waals surface area contributed by atoms with Gasteiger partial charge in [0.15, 0.2) is 11.6 Å². The Morgan fingerprint density at radius 2 is 1.95 bits per heavy atom. The van der Waals surface area contributed by atoms with Crippen LogP contribution in [0.1, 0.15) is 34.3 Å². The largest absolute Gasteiger partial charge is 0.489 e. The minimum absolute atomic E-state index is 0.0417. The number of hydrogen-bond acceptors (Lipinski definition) is 5. The number of amides is 1. The molecule has 5 rings (SSSR count). The lowest BCUT2D eigenvalue weighted by atomic mass is 10.0. The maximum absolute atomic E-state index is 14.4. The van der Waals surface area contributed by atoms with Crippen LogP contribution in [-0.4, -0.2) is 34.5 Å². The monoisotopic (exact) mass is 516 g/mol. The molecule has 0 radical (unpaired) electrons. The van der Waals surface area contributed by atoms with Gasteiger partial charge in [0.25, 0.3) is 5.91 Å². The second kappa shape index (κ2) is 10.3. The van der Waals surface area contributed by atoms with Gasteiger partial charge in [-0.3, -0.25) is 4.79 Å². The summed E-state index contributed by atoms with van der Waals surface area (Å²) in [7, 11) is 0. The second-order valence-electron chi connectivity index (χ2n) is 9.03. The average molecular weight is 517 g/mol. The normalized spacial score (nSPS) is 15.0. The third-order valence-corrected chi connectivity index (χ3v) is 6.63. The third kappa shape index (κ3) is 4.68. The Bertz CT molecular complexity index is 1570. The number of ether oxygens (including phenoxy) is 1. The van der Waals surface area contributed by atoms with Crippen molar-refractivity contribution >= 4 is 22.8 Å². The van der Waals surface area contributed by atoms with E-state index in [2.05, 4.69) is 0 Å². The fourth-order valence-corrected chi connectivity index (χ4v) is 4.76. The fraction of sp³-hybridized carbons (Fsp3) is 0.207. The molecule has 1 saturated heterocycles. The Morgan fingerprint density at radius 1 is 1.16 bits per heavy atom. The highest BCUT2D eigenvalue weighted by atomic mass is 19.2. The smallest absolute Gasteiger partial charge is 0.326 e. The molecule has 2 heterocycles. The first-order valence-electron chi connectivity index (χ1n) is 12.0. The van der Waals surface area contributed by atoms with Crippen LogP contribution in [0, 0.1) is 23.0 Å². The van der Waals surface area contributed by atoms with Crippen LogP contribution in [0.4, 0.5) is 8.78 Å². The van der Waals surface area contributed by atoms with Gasteiger partial charge in [-0.15, -0.1) is 0 Å². The predicted molar refractivity (Wildman–Crippen MR) is 133 cm³/mol. The van der Waals surface area contributed by atoms with Crippen LogP contribution in [0.5, 0.6) is 5.75 Å². The molecule has 192 valence electrons. The maximum Gasteiger partial charge on any atom is 0.326 e. The molecule has 1 aromatic heterocycles. The van der Waals surface area contributed by atoms with E-state index in [-0.39, 0.29) is 35.5 Å². The molecule has 1 fully saturated rings. The molecule has 0 bridgehead atoms. The van der Waals surface area contributed by atoms with E-state index in [0.717, 1.165) is 11.6 Å². The highest BCUT2D eigenvalue weighted by molar-refractivity contribution is 5.97. The number of carbonyl (C=O) groups is 2. The van der Waals surface area contributed by atoms with E-state index in [4.69, 9.17) is 14.4 Å². The fourth-order valence-electron chi connectivity index (χ4n) is 4.76. The van der Waals surface area contributed by atoms with Gasteiger partial charge in [0.1, 0.15) is 24.0 Å². The maximum atomic E-state index is 14.4. The molecule has 1 aliphatic heterocycles. The molecule has 1 aliphatic rings. The summed E-state index contributed by atoms with van der Waals surface area (Å²) >= 11 is 0. The first-order valence-corrected chi connectivity index (χ1v) is 12.0. The van der Waals surface area contributed by atoms with Crippen LogP contribution in [0.3, 0.4) is 0 Å². The van der Waals surface area contributed by atoms with Gasteiger partial charge in [0, 0.05) is 23.2 Å². The second-order valence-corrected chi connectivity index (χ2v) is 9.03. The minimum Gasteiger partial charge on any atom is -0.489 e. The van der Waals surface area contributed by atoms with Crippen molar-refractivity contribution in [3.05, 3.63) is 89.2 Å². The molecule has 4 aromatic rings. The van der Waals surface area contributed by atoms with Crippen LogP contribution < -0.4 is 4.74 Å². The van der Waals surface area contributed by atoms with Crippen molar-refractivity contribution in [1.82, 2.24) is 4.90 Å². The number of halogens is 2. The highest BCUT2D eigenvalue weighted by Crippen LogP contribution is 2.36. The lowest BCUT2D eigenvalue weighted by molar-refractivity contribution is -0.141. The number of hydrogen-bond donors (Lipinski definition) is 1. The number of fused-ring (bicyclic) bond motifs is 1. The summed E-state index contributed by atoms with van der Waals surface area (Å²) in [6.45, 7) is 0.568. The van der Waals surface area contributed by atoms with Crippen molar-refractivity contribution < 1.29 is 32.6 Å². The lowest BCUT2D eigenvalue weighted by Crippen LogP contribution is -2.40. The number of carbonyl (C=O) groups excluding carboxylic acids is 1. The summed E-state index contributed by atoms with van der Waals surface area (Å²) in [6, 6.07) is 15.8. The molecule has 1 atom stereocenters. The summed E-state index contributed by atoms with van der Waals surface area (Å²) < 4.78 is 40.1. The minimum atomic E-state index is -1.05. The number of likely N-dealkylation sites (tertiary alicyclic amines) is 1. The van der Waals surface area contributed by atoms with Crippen LogP contribution in [0.2, 0.25) is 0 Å². The van der Waals surface area contributed by atoms with Crippen LogP contribution in [0.15, 0.2) is 65.3 Å². The number of nitriles is 1. The number of carboxylic acid groups (broad SMARTS) is 1.